The van der Waals surface area contributed by atoms with E-state index in [4.69, 9.17) is 0 Å². The second kappa shape index (κ2) is 15.4. The quantitative estimate of drug-likeness (QED) is 0.183. The molecule has 1 N–H and O–H groups in total. The Bertz CT molecular complexity index is 2580. The Kier molecular flexibility index (Phi) is 9.80. The van der Waals surface area contributed by atoms with E-state index in [0.29, 0.717) is 12.2 Å². The Labute approximate surface area is 305 Å². The first-order valence-electron chi connectivity index (χ1n) is 18.0. The number of hydrogen-bond acceptors (Lipinski definition) is 7. The van der Waals surface area contributed by atoms with Crippen LogP contribution in [0.2, 0.25) is 0 Å². The van der Waals surface area contributed by atoms with Crippen molar-refractivity contribution in [2.75, 3.05) is 19.6 Å². The van der Waals surface area contributed by atoms with Crippen LogP contribution < -0.4 is 11.4 Å². The van der Waals surface area contributed by atoms with Crippen molar-refractivity contribution in [3.05, 3.63) is 155 Å². The van der Waals surface area contributed by atoms with Gasteiger partial charge in [-0.2, -0.15) is 4.98 Å². The van der Waals surface area contributed by atoms with Gasteiger partial charge in [-0.25, -0.2) is 24.5 Å². The van der Waals surface area contributed by atoms with E-state index in [1.54, 1.807) is 17.0 Å². The van der Waals surface area contributed by atoms with Crippen molar-refractivity contribution in [2.45, 2.75) is 32.2 Å². The molecule has 0 amide bonds. The van der Waals surface area contributed by atoms with Crippen LogP contribution in [0.3, 0.4) is 0 Å². The molecule has 0 atom stereocenters. The van der Waals surface area contributed by atoms with Gasteiger partial charge in [-0.3, -0.25) is 13.7 Å². The second-order valence-corrected chi connectivity index (χ2v) is 13.1. The largest absolute Gasteiger partial charge is 0.348 e. The Morgan fingerprint density at radius 2 is 1.25 bits per heavy atom. The van der Waals surface area contributed by atoms with Gasteiger partial charge >= 0.3 is 11.4 Å². The molecular formula is C42H39N9O2. The smallest absolute Gasteiger partial charge is 0.305 e. The third kappa shape index (κ3) is 7.61. The number of aryl methyl sites for hydroxylation is 1. The summed E-state index contributed by atoms with van der Waals surface area (Å²) < 4.78 is 5.82. The number of benzene rings is 4. The van der Waals surface area contributed by atoms with Crippen molar-refractivity contribution in [1.29, 1.82) is 0 Å². The minimum atomic E-state index is -0.354. The van der Waals surface area contributed by atoms with Gasteiger partial charge in [0.25, 0.3) is 0 Å². The molecule has 1 saturated heterocycles. The van der Waals surface area contributed by atoms with E-state index in [0.717, 1.165) is 63.2 Å². The standard InChI is InChI=1S/C25H27N5O.C17H12N4O/c31-25-27-22(12-17-29(25)16-7-15-28-13-5-2-6-14-28)20-10-11-24-23(18-20)26-19-30(24)21-8-3-1-4-9-21;22-17-18-9-8-14(20-17)12-6-7-16-15(10-12)19-11-21(16)13-4-2-1-3-5-13/h1,3-4,8-12,17-19H,2,5-7,13-16H2;1-11H,(H,18,20,22). The van der Waals surface area contributed by atoms with Gasteiger partial charge in [-0.05, 0) is 99.6 Å². The molecule has 0 unspecified atom stereocenters. The molecule has 0 aliphatic carbocycles. The highest BCUT2D eigenvalue weighted by atomic mass is 16.1. The molecule has 5 heterocycles. The summed E-state index contributed by atoms with van der Waals surface area (Å²) in [7, 11) is 0. The highest BCUT2D eigenvalue weighted by molar-refractivity contribution is 5.83. The van der Waals surface area contributed by atoms with Crippen LogP contribution >= 0.6 is 0 Å². The third-order valence-corrected chi connectivity index (χ3v) is 9.64. The summed E-state index contributed by atoms with van der Waals surface area (Å²) in [5.41, 5.74) is 8.63. The number of para-hydroxylation sites is 2. The summed E-state index contributed by atoms with van der Waals surface area (Å²) in [6, 6.07) is 35.9. The molecule has 11 nitrogen and oxygen atoms in total. The number of hydrogen-bond donors (Lipinski definition) is 1. The number of fused-ring (bicyclic) bond motifs is 2. The fourth-order valence-corrected chi connectivity index (χ4v) is 6.89. The van der Waals surface area contributed by atoms with Gasteiger partial charge in [-0.1, -0.05) is 55.0 Å². The number of nitrogens with zero attached hydrogens (tertiary/aromatic N) is 8. The maximum absolute atomic E-state index is 12.6. The third-order valence-electron chi connectivity index (χ3n) is 9.64. The van der Waals surface area contributed by atoms with Gasteiger partial charge in [0.2, 0.25) is 0 Å². The van der Waals surface area contributed by atoms with E-state index in [-0.39, 0.29) is 11.4 Å². The maximum Gasteiger partial charge on any atom is 0.348 e. The number of rotatable bonds is 8. The van der Waals surface area contributed by atoms with Crippen molar-refractivity contribution in [3.63, 3.8) is 0 Å². The van der Waals surface area contributed by atoms with Crippen LogP contribution in [0.5, 0.6) is 0 Å². The van der Waals surface area contributed by atoms with Crippen molar-refractivity contribution in [3.8, 4) is 33.9 Å². The van der Waals surface area contributed by atoms with Gasteiger partial charge in [0.15, 0.2) is 0 Å². The highest BCUT2D eigenvalue weighted by Gasteiger charge is 2.12. The molecule has 4 aromatic carbocycles. The van der Waals surface area contributed by atoms with Crippen LogP contribution in [0.4, 0.5) is 0 Å². The number of aromatic nitrogens is 8. The highest BCUT2D eigenvalue weighted by Crippen LogP contribution is 2.25. The molecular weight excluding hydrogens is 663 g/mol. The molecule has 11 heteroatoms. The number of nitrogens with one attached hydrogen (secondary N) is 1. The molecule has 1 aliphatic rings. The number of piperidine rings is 1. The Morgan fingerprint density at radius 3 is 1.87 bits per heavy atom. The zero-order chi connectivity index (χ0) is 36.0. The molecule has 0 radical (unpaired) electrons. The van der Waals surface area contributed by atoms with E-state index in [9.17, 15) is 9.59 Å². The average molecular weight is 702 g/mol. The SMILES string of the molecule is O=c1nc(-c2ccc3c(c2)ncn3-c2ccccc2)ccn1CCCN1CCCCC1.O=c1nccc(-c2ccc3c(c2)ncn3-c2ccccc2)[nH]1. The first-order chi connectivity index (χ1) is 26.1. The summed E-state index contributed by atoms with van der Waals surface area (Å²) in [6.45, 7) is 4.14. The molecule has 8 aromatic rings. The molecule has 53 heavy (non-hydrogen) atoms. The van der Waals surface area contributed by atoms with Crippen molar-refractivity contribution < 1.29 is 0 Å². The Hall–Kier alpha value is -6.46. The van der Waals surface area contributed by atoms with Crippen LogP contribution in [0.25, 0.3) is 56.0 Å². The van der Waals surface area contributed by atoms with Crippen LogP contribution in [-0.4, -0.2) is 63.2 Å². The van der Waals surface area contributed by atoms with Gasteiger partial charge in [0.1, 0.15) is 12.7 Å². The number of aromatic amines is 1. The zero-order valence-corrected chi connectivity index (χ0v) is 29.3. The topological polar surface area (TPSA) is 120 Å². The maximum atomic E-state index is 12.6. The van der Waals surface area contributed by atoms with E-state index in [1.807, 2.05) is 108 Å². The summed E-state index contributed by atoms with van der Waals surface area (Å²) in [4.78, 5) is 46.1. The lowest BCUT2D eigenvalue weighted by Gasteiger charge is -2.26. The number of H-pyrrole nitrogens is 1. The van der Waals surface area contributed by atoms with Crippen LogP contribution in [-0.2, 0) is 6.54 Å². The summed E-state index contributed by atoms with van der Waals surface area (Å²) in [6.07, 6.45) is 11.9. The summed E-state index contributed by atoms with van der Waals surface area (Å²) in [5.74, 6) is 0. The van der Waals surface area contributed by atoms with Gasteiger partial charge in [0.05, 0.1) is 33.5 Å². The number of likely N-dealkylation sites (tertiary alicyclic amines) is 1. The van der Waals surface area contributed by atoms with E-state index in [1.165, 1.54) is 38.5 Å². The second-order valence-electron chi connectivity index (χ2n) is 13.1. The lowest BCUT2D eigenvalue weighted by atomic mass is 10.1. The Balaban J connectivity index is 0.000000160. The summed E-state index contributed by atoms with van der Waals surface area (Å²) in [5, 5.41) is 0. The minimum absolute atomic E-state index is 0.189. The first kappa shape index (κ1) is 33.7. The van der Waals surface area contributed by atoms with E-state index >= 15 is 0 Å². The zero-order valence-electron chi connectivity index (χ0n) is 29.3. The lowest BCUT2D eigenvalue weighted by Crippen LogP contribution is -2.32. The fraction of sp³-hybridized carbons (Fsp3) is 0.190. The molecule has 1 fully saturated rings. The first-order valence-corrected chi connectivity index (χ1v) is 18.0. The molecule has 9 rings (SSSR count). The van der Waals surface area contributed by atoms with Crippen LogP contribution in [0.1, 0.15) is 25.7 Å². The Morgan fingerprint density at radius 1 is 0.623 bits per heavy atom. The average Bonchev–Trinajstić information content (AvgIpc) is 3.84. The minimum Gasteiger partial charge on any atom is -0.305 e. The number of imidazole rings is 2. The molecule has 4 aromatic heterocycles. The van der Waals surface area contributed by atoms with Crippen molar-refractivity contribution in [1.82, 2.24) is 43.5 Å². The van der Waals surface area contributed by atoms with Crippen LogP contribution in [0, 0.1) is 0 Å². The van der Waals surface area contributed by atoms with E-state index < -0.39 is 0 Å². The predicted octanol–water partition coefficient (Wildman–Crippen LogP) is 6.90. The van der Waals surface area contributed by atoms with Crippen molar-refractivity contribution >= 4 is 22.1 Å². The summed E-state index contributed by atoms with van der Waals surface area (Å²) >= 11 is 0. The van der Waals surface area contributed by atoms with Gasteiger partial charge < -0.3 is 9.88 Å². The predicted molar refractivity (Wildman–Crippen MR) is 208 cm³/mol. The molecule has 0 bridgehead atoms. The molecule has 0 spiro atoms. The molecule has 0 saturated carbocycles. The van der Waals surface area contributed by atoms with E-state index in [2.05, 4.69) is 46.5 Å². The fourth-order valence-electron chi connectivity index (χ4n) is 6.89. The van der Waals surface area contributed by atoms with Crippen molar-refractivity contribution in [2.24, 2.45) is 0 Å². The lowest BCUT2D eigenvalue weighted by molar-refractivity contribution is 0.222. The van der Waals surface area contributed by atoms with Gasteiger partial charge in [0, 0.05) is 41.4 Å². The van der Waals surface area contributed by atoms with Gasteiger partial charge in [-0.15, -0.1) is 0 Å². The molecule has 264 valence electrons. The molecule has 1 aliphatic heterocycles. The van der Waals surface area contributed by atoms with Crippen LogP contribution in [0.15, 0.2) is 144 Å². The normalized spacial score (nSPS) is 13.2. The monoisotopic (exact) mass is 701 g/mol.